The average molecular weight is 385 g/mol. The fourth-order valence-corrected chi connectivity index (χ4v) is 4.28. The van der Waals surface area contributed by atoms with E-state index in [1.54, 1.807) is 32.9 Å². The Morgan fingerprint density at radius 3 is 1.92 bits per heavy atom. The van der Waals surface area contributed by atoms with Crippen LogP contribution in [0.4, 0.5) is 0 Å². The van der Waals surface area contributed by atoms with E-state index in [9.17, 15) is 18.0 Å². The van der Waals surface area contributed by atoms with E-state index in [1.807, 2.05) is 6.92 Å². The number of carbonyl (C=O) groups is 2. The summed E-state index contributed by atoms with van der Waals surface area (Å²) < 4.78 is 27.7. The van der Waals surface area contributed by atoms with Crippen molar-refractivity contribution in [1.29, 1.82) is 0 Å². The maximum Gasteiger partial charge on any atom is 0.241 e. The van der Waals surface area contributed by atoms with E-state index in [0.29, 0.717) is 11.1 Å². The first kappa shape index (κ1) is 22.1. The Hall–Kier alpha value is -1.97. The maximum absolute atomic E-state index is 12.6. The van der Waals surface area contributed by atoms with Gasteiger partial charge in [0, 0.05) is 13.1 Å². The lowest BCUT2D eigenvalue weighted by Crippen LogP contribution is -2.47. The van der Waals surface area contributed by atoms with Crippen LogP contribution in [0.2, 0.25) is 0 Å². The second-order valence-corrected chi connectivity index (χ2v) is 8.09. The van der Waals surface area contributed by atoms with Gasteiger partial charge in [0.15, 0.2) is 0 Å². The van der Waals surface area contributed by atoms with Crippen LogP contribution in [-0.4, -0.2) is 45.4 Å². The van der Waals surface area contributed by atoms with Crippen molar-refractivity contribution < 1.29 is 18.0 Å². The Morgan fingerprint density at radius 1 is 1.00 bits per heavy atom. The van der Waals surface area contributed by atoms with Crippen molar-refractivity contribution in [1.82, 2.24) is 15.4 Å². The van der Waals surface area contributed by atoms with Crippen molar-refractivity contribution in [2.75, 3.05) is 13.1 Å². The molecule has 0 heterocycles. The number of nitrogens with one attached hydrogen (secondary N) is 3. The molecular weight excluding hydrogens is 356 g/mol. The van der Waals surface area contributed by atoms with Crippen molar-refractivity contribution in [2.45, 2.75) is 51.6 Å². The summed E-state index contributed by atoms with van der Waals surface area (Å²) in [5.74, 6) is -0.802. The highest BCUT2D eigenvalue weighted by Gasteiger charge is 2.25. The number of nitrogens with two attached hydrogens (primary N) is 1. The van der Waals surface area contributed by atoms with Crippen LogP contribution in [0.3, 0.4) is 0 Å². The zero-order valence-corrected chi connectivity index (χ0v) is 16.7. The molecule has 0 aliphatic carbocycles. The van der Waals surface area contributed by atoms with Gasteiger partial charge >= 0.3 is 0 Å². The summed E-state index contributed by atoms with van der Waals surface area (Å²) in [6.45, 7) is 8.74. The second kappa shape index (κ2) is 9.11. The van der Waals surface area contributed by atoms with Gasteiger partial charge in [-0.3, -0.25) is 9.59 Å². The van der Waals surface area contributed by atoms with Crippen LogP contribution >= 0.6 is 0 Å². The molecule has 2 amide bonds. The molecule has 0 saturated carbocycles. The summed E-state index contributed by atoms with van der Waals surface area (Å²) in [5, 5.41) is 5.12. The van der Waals surface area contributed by atoms with E-state index >= 15 is 0 Å². The number of carbonyl (C=O) groups excluding carboxylic acids is 2. The normalized spacial score (nSPS) is 13.8. The minimum absolute atomic E-state index is 0.173. The molecule has 1 aromatic rings. The molecule has 0 spiro atoms. The van der Waals surface area contributed by atoms with Gasteiger partial charge in [-0.1, -0.05) is 17.7 Å². The zero-order valence-electron chi connectivity index (χ0n) is 15.8. The van der Waals surface area contributed by atoms with E-state index < -0.39 is 28.0 Å². The van der Waals surface area contributed by atoms with Crippen LogP contribution in [-0.2, 0) is 19.6 Å². The lowest BCUT2D eigenvalue weighted by atomic mass is 10.1. The lowest BCUT2D eigenvalue weighted by molar-refractivity contribution is -0.123. The predicted octanol–water partition coefficient (Wildman–Crippen LogP) is -0.142. The van der Waals surface area contributed by atoms with Crippen LogP contribution in [0.1, 0.15) is 30.5 Å². The quantitative estimate of drug-likeness (QED) is 0.463. The molecule has 26 heavy (non-hydrogen) atoms. The van der Waals surface area contributed by atoms with Gasteiger partial charge in [0.25, 0.3) is 0 Å². The third-order valence-corrected chi connectivity index (χ3v) is 5.58. The van der Waals surface area contributed by atoms with Gasteiger partial charge < -0.3 is 16.4 Å². The molecule has 0 saturated heterocycles. The zero-order chi connectivity index (χ0) is 20.1. The van der Waals surface area contributed by atoms with Gasteiger partial charge in [-0.05, 0) is 45.7 Å². The second-order valence-electron chi connectivity index (χ2n) is 6.44. The van der Waals surface area contributed by atoms with E-state index in [1.165, 1.54) is 6.92 Å². The molecule has 0 fully saturated rings. The molecular formula is C17H28N4O4S. The summed E-state index contributed by atoms with van der Waals surface area (Å²) in [7, 11) is -3.84. The van der Waals surface area contributed by atoms with Crippen LogP contribution < -0.4 is 21.1 Å². The smallest absolute Gasteiger partial charge is 0.241 e. The molecule has 2 unspecified atom stereocenters. The Balaban J connectivity index is 2.67. The van der Waals surface area contributed by atoms with Crippen LogP contribution in [0.5, 0.6) is 0 Å². The monoisotopic (exact) mass is 384 g/mol. The third kappa shape index (κ3) is 6.08. The molecule has 0 bridgehead atoms. The van der Waals surface area contributed by atoms with Gasteiger partial charge in [0.1, 0.15) is 0 Å². The molecule has 9 heteroatoms. The van der Waals surface area contributed by atoms with Gasteiger partial charge in [-0.2, -0.15) is 4.72 Å². The Labute approximate surface area is 155 Å². The summed E-state index contributed by atoms with van der Waals surface area (Å²) in [6, 6.07) is 1.99. The number of benzene rings is 1. The fraction of sp³-hybridized carbons (Fsp3) is 0.529. The van der Waals surface area contributed by atoms with Crippen molar-refractivity contribution in [3.8, 4) is 0 Å². The Bertz CT molecular complexity index is 752. The number of hydrogen-bond acceptors (Lipinski definition) is 5. The first-order valence-electron chi connectivity index (χ1n) is 8.37. The molecule has 1 aromatic carbocycles. The molecule has 2 atom stereocenters. The summed E-state index contributed by atoms with van der Waals surface area (Å²) in [6.07, 6.45) is 0. The number of aryl methyl sites for hydroxylation is 3. The minimum Gasteiger partial charge on any atom is -0.353 e. The number of sulfonamides is 1. The van der Waals surface area contributed by atoms with Crippen molar-refractivity contribution in [3.63, 3.8) is 0 Å². The third-order valence-electron chi connectivity index (χ3n) is 3.74. The SMILES string of the molecule is Cc1cc(C)c(S(=O)(=O)NC(C)C(=O)NCCNC(=O)C(C)N)c(C)c1. The van der Waals surface area contributed by atoms with E-state index in [-0.39, 0.29) is 23.9 Å². The summed E-state index contributed by atoms with van der Waals surface area (Å²) in [5.41, 5.74) is 7.63. The van der Waals surface area contributed by atoms with Crippen molar-refractivity contribution in [3.05, 3.63) is 28.8 Å². The Kier molecular flexibility index (Phi) is 7.73. The maximum atomic E-state index is 12.6. The standard InChI is InChI=1S/C17H28N4O4S/c1-10-8-11(2)15(12(3)9-10)26(24,25)21-14(5)17(23)20-7-6-19-16(22)13(4)18/h8-9,13-14,21H,6-7,18H2,1-5H3,(H,19,22)(H,20,23). The number of rotatable bonds is 8. The highest BCUT2D eigenvalue weighted by molar-refractivity contribution is 7.89. The summed E-state index contributed by atoms with van der Waals surface area (Å²) >= 11 is 0. The van der Waals surface area contributed by atoms with Gasteiger partial charge in [-0.25, -0.2) is 8.42 Å². The molecule has 146 valence electrons. The van der Waals surface area contributed by atoms with E-state index in [4.69, 9.17) is 5.73 Å². The van der Waals surface area contributed by atoms with Crippen LogP contribution in [0.25, 0.3) is 0 Å². The largest absolute Gasteiger partial charge is 0.353 e. The first-order valence-corrected chi connectivity index (χ1v) is 9.85. The Morgan fingerprint density at radius 2 is 1.46 bits per heavy atom. The number of hydrogen-bond donors (Lipinski definition) is 4. The van der Waals surface area contributed by atoms with Crippen LogP contribution in [0.15, 0.2) is 17.0 Å². The fourth-order valence-electron chi connectivity index (χ4n) is 2.62. The molecule has 0 aliphatic rings. The molecule has 0 radical (unpaired) electrons. The average Bonchev–Trinajstić information content (AvgIpc) is 2.48. The topological polar surface area (TPSA) is 130 Å². The molecule has 5 N–H and O–H groups in total. The molecule has 1 rings (SSSR count). The predicted molar refractivity (Wildman–Crippen MR) is 100 cm³/mol. The highest BCUT2D eigenvalue weighted by atomic mass is 32.2. The van der Waals surface area contributed by atoms with Crippen molar-refractivity contribution in [2.24, 2.45) is 5.73 Å². The molecule has 0 aliphatic heterocycles. The van der Waals surface area contributed by atoms with E-state index in [2.05, 4.69) is 15.4 Å². The minimum atomic E-state index is -3.84. The van der Waals surface area contributed by atoms with E-state index in [0.717, 1.165) is 5.56 Å². The van der Waals surface area contributed by atoms with Gasteiger partial charge in [0.2, 0.25) is 21.8 Å². The molecule has 8 nitrogen and oxygen atoms in total. The molecule has 0 aromatic heterocycles. The van der Waals surface area contributed by atoms with Crippen molar-refractivity contribution >= 4 is 21.8 Å². The number of amides is 2. The highest BCUT2D eigenvalue weighted by Crippen LogP contribution is 2.21. The van der Waals surface area contributed by atoms with Gasteiger partial charge in [0.05, 0.1) is 17.0 Å². The van der Waals surface area contributed by atoms with Crippen LogP contribution in [0, 0.1) is 20.8 Å². The van der Waals surface area contributed by atoms with Gasteiger partial charge in [-0.15, -0.1) is 0 Å². The first-order chi connectivity index (χ1) is 12.0. The summed E-state index contributed by atoms with van der Waals surface area (Å²) in [4.78, 5) is 23.6. The lowest BCUT2D eigenvalue weighted by Gasteiger charge is -2.17.